The summed E-state index contributed by atoms with van der Waals surface area (Å²) in [6.45, 7) is 5.42. The van der Waals surface area contributed by atoms with Gasteiger partial charge in [-0.3, -0.25) is 4.99 Å². The van der Waals surface area contributed by atoms with Crippen molar-refractivity contribution in [3.05, 3.63) is 62.5 Å². The van der Waals surface area contributed by atoms with Crippen molar-refractivity contribution in [1.82, 2.24) is 15.6 Å². The Kier molecular flexibility index (Phi) is 7.65. The average molecular weight is 535 g/mol. The number of hydrogen-bond donors (Lipinski definition) is 2. The fourth-order valence-corrected chi connectivity index (χ4v) is 5.29. The summed E-state index contributed by atoms with van der Waals surface area (Å²) in [4.78, 5) is 34.5. The van der Waals surface area contributed by atoms with Gasteiger partial charge < -0.3 is 20.1 Å². The van der Waals surface area contributed by atoms with Crippen molar-refractivity contribution in [3.8, 4) is 0 Å². The van der Waals surface area contributed by atoms with Crippen LogP contribution in [0.25, 0.3) is 0 Å². The quantitative estimate of drug-likeness (QED) is 0.514. The number of amides is 1. The Labute approximate surface area is 218 Å². The van der Waals surface area contributed by atoms with Crippen LogP contribution in [0.5, 0.6) is 0 Å². The molecule has 1 amide bonds. The summed E-state index contributed by atoms with van der Waals surface area (Å²) in [6, 6.07) is 3.39. The van der Waals surface area contributed by atoms with Crippen LogP contribution in [-0.2, 0) is 14.3 Å². The molecule has 2 N–H and O–H groups in total. The number of allylic oxidation sites excluding steroid dienone is 1. The zero-order valence-corrected chi connectivity index (χ0v) is 22.0. The number of aromatic nitrogens is 1. The molecule has 2 aromatic rings. The van der Waals surface area contributed by atoms with E-state index in [9.17, 15) is 14.0 Å². The smallest absolute Gasteiger partial charge is 0.407 e. The van der Waals surface area contributed by atoms with Gasteiger partial charge in [0.05, 0.1) is 17.7 Å². The number of aliphatic imine (C=N–C) groups is 1. The lowest BCUT2D eigenvalue weighted by Crippen LogP contribution is -2.39. The normalized spacial score (nSPS) is 22.1. The average Bonchev–Trinajstić information content (AvgIpc) is 3.51. The van der Waals surface area contributed by atoms with Crippen molar-refractivity contribution in [2.24, 2.45) is 10.9 Å². The fourth-order valence-electron chi connectivity index (χ4n) is 4.48. The van der Waals surface area contributed by atoms with Gasteiger partial charge in [-0.05, 0) is 46.1 Å². The largest absolute Gasteiger partial charge is 0.466 e. The van der Waals surface area contributed by atoms with Crippen LogP contribution in [0.2, 0.25) is 5.02 Å². The van der Waals surface area contributed by atoms with E-state index in [1.54, 1.807) is 33.0 Å². The summed E-state index contributed by atoms with van der Waals surface area (Å²) in [5, 5.41) is 8.56. The number of nitrogens with one attached hydrogen (secondary N) is 2. The van der Waals surface area contributed by atoms with Gasteiger partial charge in [-0.1, -0.05) is 23.7 Å². The first-order chi connectivity index (χ1) is 17.1. The maximum Gasteiger partial charge on any atom is 0.407 e. The molecule has 192 valence electrons. The summed E-state index contributed by atoms with van der Waals surface area (Å²) in [5.41, 5.74) is 0.616. The Morgan fingerprint density at radius 1 is 1.28 bits per heavy atom. The number of ether oxygens (including phenoxy) is 2. The number of thiazole rings is 1. The lowest BCUT2D eigenvalue weighted by atomic mass is 9.89. The van der Waals surface area contributed by atoms with E-state index in [0.29, 0.717) is 41.4 Å². The van der Waals surface area contributed by atoms with E-state index in [2.05, 4.69) is 15.6 Å². The molecule has 36 heavy (non-hydrogen) atoms. The number of methoxy groups -OCH3 is 1. The molecular weight excluding hydrogens is 507 g/mol. The number of carbonyl (C=O) groups excluding carboxylic acids is 2. The van der Waals surface area contributed by atoms with Crippen molar-refractivity contribution < 1.29 is 23.5 Å². The summed E-state index contributed by atoms with van der Waals surface area (Å²) in [5.74, 6) is -0.860. The Balaban J connectivity index is 1.72. The predicted octanol–water partition coefficient (Wildman–Crippen LogP) is 5.15. The number of hydrogen-bond acceptors (Lipinski definition) is 8. The maximum absolute atomic E-state index is 14.4. The number of halogens is 2. The molecule has 1 aromatic heterocycles. The van der Waals surface area contributed by atoms with Crippen molar-refractivity contribution >= 4 is 40.8 Å². The Bertz CT molecular complexity index is 1210. The SMILES string of the molecule is COC(=O)C1=C(C2CCC(NC(=O)OC(C)(C)C)C2)NC(c2nccs2)=NC1c1cccc(F)c1Cl. The Hall–Kier alpha value is -2.98. The van der Waals surface area contributed by atoms with E-state index in [0.717, 1.165) is 0 Å². The Morgan fingerprint density at radius 2 is 2.06 bits per heavy atom. The van der Waals surface area contributed by atoms with Gasteiger partial charge in [-0.2, -0.15) is 0 Å². The first-order valence-corrected chi connectivity index (χ1v) is 12.8. The van der Waals surface area contributed by atoms with Gasteiger partial charge >= 0.3 is 12.1 Å². The molecule has 0 saturated heterocycles. The molecule has 11 heteroatoms. The van der Waals surface area contributed by atoms with Crippen molar-refractivity contribution in [2.75, 3.05) is 7.11 Å². The third-order valence-electron chi connectivity index (χ3n) is 5.95. The highest BCUT2D eigenvalue weighted by Crippen LogP contribution is 2.42. The Morgan fingerprint density at radius 3 is 2.72 bits per heavy atom. The van der Waals surface area contributed by atoms with Crippen LogP contribution in [0.15, 0.2) is 46.0 Å². The number of benzene rings is 1. The van der Waals surface area contributed by atoms with Crippen molar-refractivity contribution in [2.45, 2.75) is 57.7 Å². The van der Waals surface area contributed by atoms with Gasteiger partial charge in [0.25, 0.3) is 0 Å². The van der Waals surface area contributed by atoms with E-state index in [-0.39, 0.29) is 22.6 Å². The fraction of sp³-hybridized carbons (Fsp3) is 0.440. The van der Waals surface area contributed by atoms with E-state index in [4.69, 9.17) is 26.1 Å². The van der Waals surface area contributed by atoms with E-state index in [1.165, 1.54) is 30.6 Å². The van der Waals surface area contributed by atoms with Gasteiger partial charge in [0.1, 0.15) is 17.5 Å². The predicted molar refractivity (Wildman–Crippen MR) is 135 cm³/mol. The first kappa shape index (κ1) is 26.1. The molecule has 1 aromatic carbocycles. The third kappa shape index (κ3) is 5.70. The van der Waals surface area contributed by atoms with Gasteiger partial charge in [0, 0.05) is 34.8 Å². The zero-order chi connectivity index (χ0) is 26.0. The highest BCUT2D eigenvalue weighted by Gasteiger charge is 2.39. The number of amidine groups is 1. The minimum absolute atomic E-state index is 0.108. The second-order valence-electron chi connectivity index (χ2n) is 9.66. The number of rotatable bonds is 5. The number of esters is 1. The van der Waals surface area contributed by atoms with Crippen LogP contribution in [0.4, 0.5) is 9.18 Å². The zero-order valence-electron chi connectivity index (χ0n) is 20.4. The van der Waals surface area contributed by atoms with Gasteiger partial charge in [0.15, 0.2) is 10.8 Å². The molecular formula is C25H28ClFN4O4S. The van der Waals surface area contributed by atoms with Crippen LogP contribution >= 0.6 is 22.9 Å². The maximum atomic E-state index is 14.4. The molecule has 1 fully saturated rings. The number of nitrogens with zero attached hydrogens (tertiary/aromatic N) is 2. The molecule has 3 unspecified atom stereocenters. The second kappa shape index (κ2) is 10.6. The lowest BCUT2D eigenvalue weighted by Gasteiger charge is -2.30. The standard InChI is InChI=1S/C25H28ClFN4O4S/c1-25(2,3)35-24(33)29-14-9-8-13(12-14)19-17(23(32)34-4)20(15-6-5-7-16(27)18(15)26)31-21(30-19)22-28-10-11-36-22/h5-7,10-11,13-14,20H,8-9,12H2,1-4H3,(H,29,33)(H,30,31). The third-order valence-corrected chi connectivity index (χ3v) is 7.13. The van der Waals surface area contributed by atoms with Crippen molar-refractivity contribution in [3.63, 3.8) is 0 Å². The molecule has 1 aliphatic heterocycles. The molecule has 2 aliphatic rings. The number of carbonyl (C=O) groups is 2. The molecule has 0 radical (unpaired) electrons. The summed E-state index contributed by atoms with van der Waals surface area (Å²) in [6.07, 6.45) is 3.12. The van der Waals surface area contributed by atoms with E-state index in [1.807, 2.05) is 5.38 Å². The van der Waals surface area contributed by atoms with Gasteiger partial charge in [-0.15, -0.1) is 11.3 Å². The lowest BCUT2D eigenvalue weighted by molar-refractivity contribution is -0.136. The van der Waals surface area contributed by atoms with Crippen LogP contribution < -0.4 is 10.6 Å². The van der Waals surface area contributed by atoms with Crippen LogP contribution in [0, 0.1) is 11.7 Å². The monoisotopic (exact) mass is 534 g/mol. The second-order valence-corrected chi connectivity index (χ2v) is 10.9. The molecule has 1 saturated carbocycles. The minimum atomic E-state index is -0.895. The van der Waals surface area contributed by atoms with Crippen LogP contribution in [-0.4, -0.2) is 41.6 Å². The molecule has 4 rings (SSSR count). The molecule has 0 spiro atoms. The number of alkyl carbamates (subject to hydrolysis) is 1. The molecule has 1 aliphatic carbocycles. The molecule has 0 bridgehead atoms. The van der Waals surface area contributed by atoms with Crippen LogP contribution in [0.3, 0.4) is 0 Å². The first-order valence-electron chi connectivity index (χ1n) is 11.6. The highest BCUT2D eigenvalue weighted by molar-refractivity contribution is 7.11. The van der Waals surface area contributed by atoms with Crippen molar-refractivity contribution in [1.29, 1.82) is 0 Å². The molecule has 3 atom stereocenters. The molecule has 8 nitrogen and oxygen atoms in total. The van der Waals surface area contributed by atoms with Gasteiger partial charge in [-0.25, -0.2) is 19.0 Å². The van der Waals surface area contributed by atoms with E-state index < -0.39 is 29.5 Å². The van der Waals surface area contributed by atoms with Gasteiger partial charge in [0.2, 0.25) is 0 Å². The summed E-state index contributed by atoms with van der Waals surface area (Å²) >= 11 is 7.72. The highest BCUT2D eigenvalue weighted by atomic mass is 35.5. The topological polar surface area (TPSA) is 102 Å². The molecule has 2 heterocycles. The minimum Gasteiger partial charge on any atom is -0.466 e. The summed E-state index contributed by atoms with van der Waals surface area (Å²) in [7, 11) is 1.29. The van der Waals surface area contributed by atoms with E-state index >= 15 is 0 Å². The summed E-state index contributed by atoms with van der Waals surface area (Å²) < 4.78 is 24.9. The van der Waals surface area contributed by atoms with Crippen LogP contribution in [0.1, 0.15) is 56.6 Å².